The van der Waals surface area contributed by atoms with Crippen molar-refractivity contribution in [1.82, 2.24) is 5.32 Å². The number of hydrogen-bond donors (Lipinski definition) is 2. The van der Waals surface area contributed by atoms with Crippen molar-refractivity contribution in [2.75, 3.05) is 13.2 Å². The van der Waals surface area contributed by atoms with Crippen molar-refractivity contribution in [1.29, 1.82) is 0 Å². The Labute approximate surface area is 77.3 Å². The van der Waals surface area contributed by atoms with Crippen molar-refractivity contribution in [3.63, 3.8) is 0 Å². The maximum absolute atomic E-state index is 10.4. The zero-order chi connectivity index (χ0) is 9.31. The Balaban J connectivity index is 1.79. The summed E-state index contributed by atoms with van der Waals surface area (Å²) in [7, 11) is 0. The van der Waals surface area contributed by atoms with Gasteiger partial charge in [-0.25, -0.2) is 0 Å². The first kappa shape index (κ1) is 8.97. The van der Waals surface area contributed by atoms with Crippen LogP contribution in [0.25, 0.3) is 0 Å². The van der Waals surface area contributed by atoms with Crippen LogP contribution in [0.1, 0.15) is 25.7 Å². The Hall–Kier alpha value is -0.610. The van der Waals surface area contributed by atoms with Crippen LogP contribution in [0.3, 0.4) is 0 Å². The number of morpholine rings is 1. The van der Waals surface area contributed by atoms with Crippen LogP contribution in [0.2, 0.25) is 0 Å². The molecule has 2 aliphatic rings. The van der Waals surface area contributed by atoms with Crippen LogP contribution in [-0.4, -0.2) is 35.9 Å². The number of rotatable bonds is 2. The molecule has 1 unspecified atom stereocenters. The second-order valence-electron chi connectivity index (χ2n) is 4.02. The van der Waals surface area contributed by atoms with Gasteiger partial charge in [-0.1, -0.05) is 0 Å². The fourth-order valence-corrected chi connectivity index (χ4v) is 1.95. The number of carboxylic acids is 1. The molecule has 1 aliphatic heterocycles. The van der Waals surface area contributed by atoms with Gasteiger partial charge in [0.05, 0.1) is 18.6 Å². The third kappa shape index (κ3) is 1.84. The molecule has 74 valence electrons. The highest BCUT2D eigenvalue weighted by Gasteiger charge is 2.41. The van der Waals surface area contributed by atoms with Crippen molar-refractivity contribution in [3.05, 3.63) is 0 Å². The van der Waals surface area contributed by atoms with Crippen LogP contribution in [0.5, 0.6) is 0 Å². The Morgan fingerprint density at radius 1 is 1.62 bits per heavy atom. The fourth-order valence-electron chi connectivity index (χ4n) is 1.95. The van der Waals surface area contributed by atoms with Crippen LogP contribution < -0.4 is 5.32 Å². The zero-order valence-electron chi connectivity index (χ0n) is 7.58. The van der Waals surface area contributed by atoms with Gasteiger partial charge in [0, 0.05) is 12.6 Å². The second-order valence-corrected chi connectivity index (χ2v) is 4.02. The molecule has 0 aromatic heterocycles. The van der Waals surface area contributed by atoms with Crippen molar-refractivity contribution < 1.29 is 14.6 Å². The monoisotopic (exact) mass is 185 g/mol. The SMILES string of the molecule is O=C(O)CC1COC2(CCC2)CN1. The van der Waals surface area contributed by atoms with E-state index in [0.717, 1.165) is 19.4 Å². The first-order valence-corrected chi connectivity index (χ1v) is 4.79. The van der Waals surface area contributed by atoms with Gasteiger partial charge >= 0.3 is 5.97 Å². The minimum absolute atomic E-state index is 0.00345. The number of aliphatic carboxylic acids is 1. The molecular weight excluding hydrogens is 170 g/mol. The average molecular weight is 185 g/mol. The molecule has 0 aromatic carbocycles. The van der Waals surface area contributed by atoms with E-state index in [0.29, 0.717) is 6.61 Å². The van der Waals surface area contributed by atoms with Gasteiger partial charge in [0.2, 0.25) is 0 Å². The summed E-state index contributed by atoms with van der Waals surface area (Å²) in [6.07, 6.45) is 3.65. The first-order chi connectivity index (χ1) is 6.20. The lowest BCUT2D eigenvalue weighted by molar-refractivity contribution is -0.146. The lowest BCUT2D eigenvalue weighted by Crippen LogP contribution is -2.58. The number of hydrogen-bond acceptors (Lipinski definition) is 3. The summed E-state index contributed by atoms with van der Waals surface area (Å²) in [4.78, 5) is 10.4. The Kier molecular flexibility index (Phi) is 2.26. The smallest absolute Gasteiger partial charge is 0.305 e. The normalized spacial score (nSPS) is 31.2. The molecule has 1 atom stereocenters. The second kappa shape index (κ2) is 3.27. The summed E-state index contributed by atoms with van der Waals surface area (Å²) in [5.74, 6) is -0.759. The van der Waals surface area contributed by atoms with Gasteiger partial charge in [-0.05, 0) is 19.3 Å². The maximum Gasteiger partial charge on any atom is 0.305 e. The minimum Gasteiger partial charge on any atom is -0.481 e. The molecule has 1 spiro atoms. The molecule has 1 saturated carbocycles. The first-order valence-electron chi connectivity index (χ1n) is 4.79. The van der Waals surface area contributed by atoms with Gasteiger partial charge in [0.1, 0.15) is 0 Å². The molecular formula is C9H15NO3. The van der Waals surface area contributed by atoms with Gasteiger partial charge in [0.15, 0.2) is 0 Å². The molecule has 2 rings (SSSR count). The van der Waals surface area contributed by atoms with E-state index in [1.807, 2.05) is 0 Å². The summed E-state index contributed by atoms with van der Waals surface area (Å²) in [6.45, 7) is 1.37. The highest BCUT2D eigenvalue weighted by Crippen LogP contribution is 2.36. The highest BCUT2D eigenvalue weighted by molar-refractivity contribution is 5.67. The lowest BCUT2D eigenvalue weighted by atomic mass is 9.79. The van der Waals surface area contributed by atoms with Crippen molar-refractivity contribution in [2.45, 2.75) is 37.3 Å². The van der Waals surface area contributed by atoms with Gasteiger partial charge in [0.25, 0.3) is 0 Å². The molecule has 2 N–H and O–H groups in total. The van der Waals surface area contributed by atoms with E-state index in [4.69, 9.17) is 9.84 Å². The third-order valence-electron chi connectivity index (χ3n) is 2.99. The summed E-state index contributed by atoms with van der Waals surface area (Å²) in [6, 6.07) is 0.00345. The summed E-state index contributed by atoms with van der Waals surface area (Å²) >= 11 is 0. The molecule has 0 bridgehead atoms. The van der Waals surface area contributed by atoms with Crippen LogP contribution in [0, 0.1) is 0 Å². The lowest BCUT2D eigenvalue weighted by Gasteiger charge is -2.46. The Bertz CT molecular complexity index is 203. The van der Waals surface area contributed by atoms with Gasteiger partial charge in [-0.15, -0.1) is 0 Å². The van der Waals surface area contributed by atoms with Crippen molar-refractivity contribution in [3.8, 4) is 0 Å². The number of carboxylic acid groups (broad SMARTS) is 1. The molecule has 13 heavy (non-hydrogen) atoms. The Morgan fingerprint density at radius 2 is 2.38 bits per heavy atom. The van der Waals surface area contributed by atoms with Crippen molar-refractivity contribution in [2.24, 2.45) is 0 Å². The standard InChI is InChI=1S/C9H15NO3/c11-8(12)4-7-5-13-9(6-10-7)2-1-3-9/h7,10H,1-6H2,(H,11,12). The number of nitrogens with one attached hydrogen (secondary N) is 1. The fraction of sp³-hybridized carbons (Fsp3) is 0.889. The largest absolute Gasteiger partial charge is 0.481 e. The molecule has 1 aliphatic carbocycles. The molecule has 0 amide bonds. The van der Waals surface area contributed by atoms with E-state index >= 15 is 0 Å². The van der Waals surface area contributed by atoms with Crippen LogP contribution in [0.15, 0.2) is 0 Å². The highest BCUT2D eigenvalue weighted by atomic mass is 16.5. The topological polar surface area (TPSA) is 58.6 Å². The number of carbonyl (C=O) groups is 1. The molecule has 1 heterocycles. The molecule has 1 saturated heterocycles. The number of ether oxygens (including phenoxy) is 1. The zero-order valence-corrected chi connectivity index (χ0v) is 7.58. The summed E-state index contributed by atoms with van der Waals surface area (Å²) in [5.41, 5.74) is 0.0645. The molecule has 4 heteroatoms. The molecule has 4 nitrogen and oxygen atoms in total. The van der Waals surface area contributed by atoms with Gasteiger partial charge < -0.3 is 15.2 Å². The predicted molar refractivity (Wildman–Crippen MR) is 46.6 cm³/mol. The molecule has 0 aromatic rings. The minimum atomic E-state index is -0.759. The van der Waals surface area contributed by atoms with E-state index in [9.17, 15) is 4.79 Å². The average Bonchev–Trinajstić information content (AvgIpc) is 2.02. The van der Waals surface area contributed by atoms with E-state index in [-0.39, 0.29) is 18.1 Å². The van der Waals surface area contributed by atoms with Crippen LogP contribution >= 0.6 is 0 Å². The van der Waals surface area contributed by atoms with E-state index in [2.05, 4.69) is 5.32 Å². The van der Waals surface area contributed by atoms with Gasteiger partial charge in [-0.3, -0.25) is 4.79 Å². The maximum atomic E-state index is 10.4. The summed E-state index contributed by atoms with van der Waals surface area (Å²) in [5, 5.41) is 11.8. The van der Waals surface area contributed by atoms with E-state index in [1.165, 1.54) is 6.42 Å². The summed E-state index contributed by atoms with van der Waals surface area (Å²) < 4.78 is 5.69. The molecule has 2 fully saturated rings. The van der Waals surface area contributed by atoms with Crippen LogP contribution in [-0.2, 0) is 9.53 Å². The molecule has 0 radical (unpaired) electrons. The van der Waals surface area contributed by atoms with E-state index < -0.39 is 5.97 Å². The van der Waals surface area contributed by atoms with Crippen LogP contribution in [0.4, 0.5) is 0 Å². The predicted octanol–water partition coefficient (Wildman–Crippen LogP) is 0.372. The van der Waals surface area contributed by atoms with E-state index in [1.54, 1.807) is 0 Å². The Morgan fingerprint density at radius 3 is 2.77 bits per heavy atom. The van der Waals surface area contributed by atoms with Crippen molar-refractivity contribution >= 4 is 5.97 Å². The quantitative estimate of drug-likeness (QED) is 0.652. The third-order valence-corrected chi connectivity index (χ3v) is 2.99. The van der Waals surface area contributed by atoms with Gasteiger partial charge in [-0.2, -0.15) is 0 Å².